The monoisotopic (exact) mass is 521 g/mol. The van der Waals surface area contributed by atoms with Crippen molar-refractivity contribution >= 4 is 17.0 Å². The Morgan fingerprint density at radius 2 is 2.04 bits per heavy atom. The molecule has 125 valence electrons. The molecule has 0 saturated heterocycles. The van der Waals surface area contributed by atoms with Gasteiger partial charge in [0, 0.05) is 32.5 Å². The van der Waals surface area contributed by atoms with Crippen LogP contribution < -0.4 is 0 Å². The molecule has 4 aromatic rings. The van der Waals surface area contributed by atoms with Gasteiger partial charge in [-0.1, -0.05) is 5.69 Å². The fourth-order valence-corrected chi connectivity index (χ4v) is 2.51. The number of aromatic nitrogens is 3. The summed E-state index contributed by atoms with van der Waals surface area (Å²) in [5, 5.41) is 6.06. The van der Waals surface area contributed by atoms with Gasteiger partial charge in [-0.15, -0.1) is 53.3 Å². The molecule has 4 nitrogen and oxygen atoms in total. The van der Waals surface area contributed by atoms with E-state index in [0.717, 1.165) is 16.9 Å². The first-order valence-electron chi connectivity index (χ1n) is 7.11. The van der Waals surface area contributed by atoms with Crippen LogP contribution in [0.15, 0.2) is 71.8 Å². The van der Waals surface area contributed by atoms with Crippen LogP contribution in [0.4, 0.5) is 5.69 Å². The number of rotatable bonds is 2. The normalized spacial score (nSPS) is 9.24. The molecule has 0 N–H and O–H groups in total. The Balaban J connectivity index is 0.000000175. The number of thiazole rings is 1. The maximum absolute atomic E-state index is 6.85. The Morgan fingerprint density at radius 1 is 1.12 bits per heavy atom. The number of hydrogen-bond acceptors (Lipinski definition) is 3. The topological polar surface area (TPSA) is 35.1 Å². The predicted molar refractivity (Wildman–Crippen MR) is 95.0 cm³/mol. The Hall–Kier alpha value is -2.58. The van der Waals surface area contributed by atoms with Gasteiger partial charge < -0.3 is 0 Å². The Morgan fingerprint density at radius 3 is 2.68 bits per heavy atom. The third-order valence-electron chi connectivity index (χ3n) is 3.07. The van der Waals surface area contributed by atoms with Crippen molar-refractivity contribution in [1.29, 1.82) is 0 Å². The molecule has 6 heteroatoms. The van der Waals surface area contributed by atoms with Gasteiger partial charge in [0.1, 0.15) is 0 Å². The third-order valence-corrected chi connectivity index (χ3v) is 3.65. The zero-order valence-electron chi connectivity index (χ0n) is 13.0. The van der Waals surface area contributed by atoms with Gasteiger partial charge in [-0.05, 0) is 17.1 Å². The molecule has 2 heterocycles. The number of hydrogen-bond donors (Lipinski definition) is 0. The first-order chi connectivity index (χ1) is 11.9. The van der Waals surface area contributed by atoms with Crippen molar-refractivity contribution in [3.8, 4) is 16.9 Å². The Bertz CT molecular complexity index is 914. The summed E-state index contributed by atoms with van der Waals surface area (Å²) in [4.78, 5) is 7.50. The summed E-state index contributed by atoms with van der Waals surface area (Å²) < 4.78 is 1.68. The molecule has 0 atom stereocenters. The van der Waals surface area contributed by atoms with E-state index in [4.69, 9.17) is 6.57 Å². The van der Waals surface area contributed by atoms with E-state index in [1.165, 1.54) is 0 Å². The second-order valence-electron chi connectivity index (χ2n) is 4.64. The van der Waals surface area contributed by atoms with Crippen molar-refractivity contribution in [2.24, 2.45) is 0 Å². The first kappa shape index (κ1) is 18.8. The van der Waals surface area contributed by atoms with Crippen LogP contribution in [0.25, 0.3) is 21.8 Å². The summed E-state index contributed by atoms with van der Waals surface area (Å²) in [5.41, 5.74) is 5.29. The van der Waals surface area contributed by atoms with Gasteiger partial charge in [-0.25, -0.2) is 0 Å². The van der Waals surface area contributed by atoms with E-state index in [9.17, 15) is 0 Å². The summed E-state index contributed by atoms with van der Waals surface area (Å²) >= 11 is 1.60. The van der Waals surface area contributed by atoms with Gasteiger partial charge in [0.15, 0.2) is 0 Å². The van der Waals surface area contributed by atoms with Gasteiger partial charge in [-0.2, -0.15) is 23.3 Å². The van der Waals surface area contributed by atoms with Gasteiger partial charge in [0.2, 0.25) is 0 Å². The van der Waals surface area contributed by atoms with E-state index in [0.29, 0.717) is 5.69 Å². The molecule has 0 bridgehead atoms. The summed E-state index contributed by atoms with van der Waals surface area (Å²) in [6, 6.07) is 21.0. The standard InChI is InChI=1S/C10H6N3.C9H6NS.Ir/c1-11-9-4-2-5-10(8-9)13-7-3-6-12-13;1-2-4-8(5-3-1)9-6-11-7-10-9;/h2-4,6-8H;1-4,6-7H;/q2*-1;. The van der Waals surface area contributed by atoms with Gasteiger partial charge >= 0.3 is 0 Å². The van der Waals surface area contributed by atoms with Crippen LogP contribution in [0.2, 0.25) is 0 Å². The summed E-state index contributed by atoms with van der Waals surface area (Å²) in [6.07, 6.45) is 3.51. The number of benzene rings is 2. The van der Waals surface area contributed by atoms with Gasteiger partial charge in [0.25, 0.3) is 0 Å². The summed E-state index contributed by atoms with van der Waals surface area (Å²) in [6.45, 7) is 6.85. The van der Waals surface area contributed by atoms with Crippen molar-refractivity contribution in [3.05, 3.63) is 95.4 Å². The van der Waals surface area contributed by atoms with Crippen LogP contribution >= 0.6 is 11.3 Å². The fourth-order valence-electron chi connectivity index (χ4n) is 1.95. The average Bonchev–Trinajstić information content (AvgIpc) is 3.37. The zero-order valence-corrected chi connectivity index (χ0v) is 16.2. The van der Waals surface area contributed by atoms with Crippen molar-refractivity contribution in [2.45, 2.75) is 0 Å². The molecule has 0 aliphatic heterocycles. The Kier molecular flexibility index (Phi) is 7.24. The maximum Gasteiger partial charge on any atom is 0.0899 e. The maximum atomic E-state index is 6.85. The molecule has 2 aromatic heterocycles. The molecule has 0 aliphatic carbocycles. The predicted octanol–water partition coefficient (Wildman–Crippen LogP) is 4.83. The smallest absolute Gasteiger partial charge is 0.0899 e. The molecule has 4 rings (SSSR count). The summed E-state index contributed by atoms with van der Waals surface area (Å²) in [7, 11) is 0. The van der Waals surface area contributed by atoms with E-state index in [1.807, 2.05) is 47.4 Å². The van der Waals surface area contributed by atoms with E-state index < -0.39 is 0 Å². The van der Waals surface area contributed by atoms with E-state index in [-0.39, 0.29) is 20.1 Å². The molecular formula is C19H12IrN4S-2. The van der Waals surface area contributed by atoms with E-state index in [2.05, 4.69) is 27.1 Å². The molecule has 1 radical (unpaired) electrons. The van der Waals surface area contributed by atoms with Crippen LogP contribution in [0.1, 0.15) is 0 Å². The second kappa shape index (κ2) is 9.65. The zero-order chi connectivity index (χ0) is 16.6. The molecule has 25 heavy (non-hydrogen) atoms. The fraction of sp³-hybridized carbons (Fsp3) is 0. The molecule has 0 amide bonds. The molecule has 2 aromatic carbocycles. The quantitative estimate of drug-likeness (QED) is 0.355. The second-order valence-corrected chi connectivity index (χ2v) is 5.36. The van der Waals surface area contributed by atoms with Crippen molar-refractivity contribution in [1.82, 2.24) is 14.8 Å². The minimum absolute atomic E-state index is 0. The van der Waals surface area contributed by atoms with Crippen LogP contribution in [0, 0.1) is 18.7 Å². The van der Waals surface area contributed by atoms with Crippen molar-refractivity contribution < 1.29 is 20.1 Å². The van der Waals surface area contributed by atoms with Crippen LogP contribution in [0.3, 0.4) is 0 Å². The first-order valence-corrected chi connectivity index (χ1v) is 8.05. The molecule has 0 fully saturated rings. The number of nitrogens with zero attached hydrogens (tertiary/aromatic N) is 4. The summed E-state index contributed by atoms with van der Waals surface area (Å²) in [5.74, 6) is 0. The van der Waals surface area contributed by atoms with E-state index in [1.54, 1.807) is 40.4 Å². The molecule has 0 spiro atoms. The minimum Gasteiger partial charge on any atom is -0.293 e. The van der Waals surface area contributed by atoms with Crippen LogP contribution in [-0.4, -0.2) is 14.8 Å². The van der Waals surface area contributed by atoms with Gasteiger partial charge in [0.05, 0.1) is 17.8 Å². The largest absolute Gasteiger partial charge is 0.293 e. The van der Waals surface area contributed by atoms with Gasteiger partial charge in [-0.3, -0.25) is 14.5 Å². The molecule has 0 unspecified atom stereocenters. The van der Waals surface area contributed by atoms with Crippen molar-refractivity contribution in [3.63, 3.8) is 0 Å². The van der Waals surface area contributed by atoms with Crippen LogP contribution in [-0.2, 0) is 20.1 Å². The van der Waals surface area contributed by atoms with E-state index >= 15 is 0 Å². The molecule has 0 aliphatic rings. The SMILES string of the molecule is [C-]#[N+]c1cc[c-]c(-n2cccn2)c1.[Ir].[c-]1ccccc1-c1cscn1. The Labute approximate surface area is 164 Å². The average molecular weight is 521 g/mol. The molecule has 0 saturated carbocycles. The van der Waals surface area contributed by atoms with Crippen LogP contribution in [0.5, 0.6) is 0 Å². The third kappa shape index (κ3) is 5.20. The minimum atomic E-state index is 0. The molecular weight excluding hydrogens is 509 g/mol. The van der Waals surface area contributed by atoms with Crippen molar-refractivity contribution in [2.75, 3.05) is 0 Å².